The monoisotopic (exact) mass is 353 g/mol. The number of rotatable bonds is 4. The quantitative estimate of drug-likeness (QED) is 0.390. The lowest BCUT2D eigenvalue weighted by Gasteiger charge is -2.12. The Balaban J connectivity index is 2.70. The molecule has 2 aromatic rings. The van der Waals surface area contributed by atoms with Crippen LogP contribution in [-0.2, 0) is 21.3 Å². The Bertz CT molecular complexity index is 933. The van der Waals surface area contributed by atoms with Gasteiger partial charge in [-0.25, -0.2) is 4.39 Å². The molecule has 1 aromatic heterocycles. The van der Waals surface area contributed by atoms with Gasteiger partial charge in [0.2, 0.25) is 0 Å². The van der Waals surface area contributed by atoms with Gasteiger partial charge in [0.1, 0.15) is 12.1 Å². The van der Waals surface area contributed by atoms with E-state index in [9.17, 15) is 35.6 Å². The summed E-state index contributed by atoms with van der Waals surface area (Å²) >= 11 is 0. The molecule has 0 aliphatic carbocycles. The van der Waals surface area contributed by atoms with E-state index >= 15 is 0 Å². The van der Waals surface area contributed by atoms with E-state index in [4.69, 9.17) is 0 Å². The fraction of sp³-hybridized carbons (Fsp3) is 0.167. The van der Waals surface area contributed by atoms with E-state index in [-0.39, 0.29) is 16.5 Å². The van der Waals surface area contributed by atoms with Crippen molar-refractivity contribution in [2.45, 2.75) is 11.9 Å². The highest BCUT2D eigenvalue weighted by Crippen LogP contribution is 2.31. The molecule has 6 nitrogen and oxygen atoms in total. The van der Waals surface area contributed by atoms with Gasteiger partial charge in [-0.1, -0.05) is 0 Å². The molecule has 1 heterocycles. The van der Waals surface area contributed by atoms with E-state index in [1.165, 1.54) is 0 Å². The van der Waals surface area contributed by atoms with Crippen LogP contribution in [0.15, 0.2) is 23.0 Å². The molecule has 0 saturated carbocycles. The first-order chi connectivity index (χ1) is 10.5. The highest BCUT2D eigenvalue weighted by atomic mass is 32.2. The van der Waals surface area contributed by atoms with E-state index in [1.54, 1.807) is 0 Å². The molecule has 0 aliphatic heterocycles. The van der Waals surface area contributed by atoms with Gasteiger partial charge in [-0.3, -0.25) is 4.79 Å². The predicted octanol–water partition coefficient (Wildman–Crippen LogP) is 1.64. The van der Waals surface area contributed by atoms with Gasteiger partial charge >= 0.3 is 15.6 Å². The van der Waals surface area contributed by atoms with E-state index in [2.05, 4.69) is 9.17 Å². The molecule has 0 radical (unpaired) electrons. The summed E-state index contributed by atoms with van der Waals surface area (Å²) in [5.41, 5.74) is -7.17. The van der Waals surface area contributed by atoms with E-state index in [0.717, 1.165) is 12.1 Å². The molecule has 0 spiro atoms. The summed E-state index contributed by atoms with van der Waals surface area (Å²) in [5, 5.41) is -0.296. The molecule has 1 aromatic carbocycles. The third-order valence-corrected chi connectivity index (χ3v) is 3.72. The maximum Gasteiger partial charge on any atom is 0.534 e. The third kappa shape index (κ3) is 3.33. The fourth-order valence-corrected chi connectivity index (χ4v) is 2.24. The minimum Gasteiger partial charge on any atom is -0.375 e. The zero-order chi connectivity index (χ0) is 17.4. The second-order valence-corrected chi connectivity index (χ2v) is 5.88. The SMILES string of the molecule is O=CCc1cc2c(OS(=O)(=O)C(F)(F)F)cc(=O)[nH]c2cc1F. The Hall–Kier alpha value is -2.43. The van der Waals surface area contributed by atoms with Crippen molar-refractivity contribution in [1.29, 1.82) is 0 Å². The van der Waals surface area contributed by atoms with Crippen molar-refractivity contribution in [1.82, 2.24) is 4.98 Å². The number of hydrogen-bond donors (Lipinski definition) is 1. The number of carbonyl (C=O) groups excluding carboxylic acids is 1. The molecule has 23 heavy (non-hydrogen) atoms. The van der Waals surface area contributed by atoms with E-state index in [1.807, 2.05) is 0 Å². The van der Waals surface area contributed by atoms with Crippen molar-refractivity contribution in [3.8, 4) is 5.75 Å². The van der Waals surface area contributed by atoms with Crippen LogP contribution in [0.5, 0.6) is 5.75 Å². The summed E-state index contributed by atoms with van der Waals surface area (Å²) in [7, 11) is -6.01. The Kier molecular flexibility index (Phi) is 4.16. The van der Waals surface area contributed by atoms with Crippen molar-refractivity contribution in [3.05, 3.63) is 39.9 Å². The summed E-state index contributed by atoms with van der Waals surface area (Å²) in [6.45, 7) is 0. The van der Waals surface area contributed by atoms with Crippen LogP contribution >= 0.6 is 0 Å². The standard InChI is InChI=1S/C12H7F4NO5S/c13-8-4-9-7(3-6(8)1-2-18)10(5-11(19)17-9)22-23(20,21)12(14,15)16/h2-5H,1H2,(H,17,19). The summed E-state index contributed by atoms with van der Waals surface area (Å²) in [6.07, 6.45) is -0.0464. The summed E-state index contributed by atoms with van der Waals surface area (Å²) in [5.74, 6) is -1.82. The van der Waals surface area contributed by atoms with Crippen molar-refractivity contribution in [2.75, 3.05) is 0 Å². The number of nitrogens with one attached hydrogen (secondary N) is 1. The zero-order valence-corrected chi connectivity index (χ0v) is 11.8. The number of aromatic nitrogens is 1. The molecule has 124 valence electrons. The molecular weight excluding hydrogens is 346 g/mol. The highest BCUT2D eigenvalue weighted by molar-refractivity contribution is 7.88. The first kappa shape index (κ1) is 16.9. The number of H-pyrrole nitrogens is 1. The minimum atomic E-state index is -6.01. The average molecular weight is 353 g/mol. The molecule has 1 N–H and O–H groups in total. The Morgan fingerprint density at radius 2 is 1.87 bits per heavy atom. The fourth-order valence-electron chi connectivity index (χ4n) is 1.77. The second kappa shape index (κ2) is 5.65. The second-order valence-electron chi connectivity index (χ2n) is 4.34. The van der Waals surface area contributed by atoms with Gasteiger partial charge in [0.25, 0.3) is 5.56 Å². The summed E-state index contributed by atoms with van der Waals surface area (Å²) < 4.78 is 76.9. The van der Waals surface area contributed by atoms with Gasteiger partial charge in [0.05, 0.1) is 5.52 Å². The first-order valence-corrected chi connectivity index (χ1v) is 7.26. The molecule has 2 rings (SSSR count). The topological polar surface area (TPSA) is 93.3 Å². The van der Waals surface area contributed by atoms with Crippen LogP contribution in [0.3, 0.4) is 0 Å². The number of aldehydes is 1. The number of hydrogen-bond acceptors (Lipinski definition) is 5. The highest BCUT2D eigenvalue weighted by Gasteiger charge is 2.48. The maximum atomic E-state index is 13.7. The molecule has 0 saturated heterocycles. The first-order valence-electron chi connectivity index (χ1n) is 5.85. The zero-order valence-electron chi connectivity index (χ0n) is 11.0. The van der Waals surface area contributed by atoms with Crippen LogP contribution in [0.1, 0.15) is 5.56 Å². The van der Waals surface area contributed by atoms with E-state index < -0.39 is 39.2 Å². The third-order valence-electron chi connectivity index (χ3n) is 2.76. The molecule has 0 amide bonds. The lowest BCUT2D eigenvalue weighted by Crippen LogP contribution is -2.28. The molecular formula is C12H7F4NO5S. The number of fused-ring (bicyclic) bond motifs is 1. The number of halogens is 4. The largest absolute Gasteiger partial charge is 0.534 e. The van der Waals surface area contributed by atoms with Crippen molar-refractivity contribution in [2.24, 2.45) is 0 Å². The van der Waals surface area contributed by atoms with Crippen LogP contribution in [-0.4, -0.2) is 25.2 Å². The smallest absolute Gasteiger partial charge is 0.375 e. The van der Waals surface area contributed by atoms with Gasteiger partial charge in [-0.15, -0.1) is 0 Å². The number of benzene rings is 1. The van der Waals surface area contributed by atoms with Crippen LogP contribution < -0.4 is 9.74 Å². The number of carbonyl (C=O) groups is 1. The molecule has 0 bridgehead atoms. The number of alkyl halides is 3. The van der Waals surface area contributed by atoms with Crippen molar-refractivity contribution in [3.63, 3.8) is 0 Å². The van der Waals surface area contributed by atoms with Gasteiger partial charge in [-0.05, 0) is 17.7 Å². The molecule has 0 unspecified atom stereocenters. The number of aromatic amines is 1. The van der Waals surface area contributed by atoms with Gasteiger partial charge < -0.3 is 14.0 Å². The predicted molar refractivity (Wildman–Crippen MR) is 69.9 cm³/mol. The van der Waals surface area contributed by atoms with Gasteiger partial charge in [0.15, 0.2) is 5.75 Å². The Morgan fingerprint density at radius 3 is 2.43 bits per heavy atom. The lowest BCUT2D eigenvalue weighted by molar-refractivity contribution is -0.107. The Morgan fingerprint density at radius 1 is 1.22 bits per heavy atom. The van der Waals surface area contributed by atoms with Gasteiger partial charge in [-0.2, -0.15) is 21.6 Å². The van der Waals surface area contributed by atoms with Crippen molar-refractivity contribution < 1.29 is 35.0 Å². The maximum absolute atomic E-state index is 13.7. The molecule has 0 fully saturated rings. The van der Waals surface area contributed by atoms with Crippen LogP contribution in [0.4, 0.5) is 17.6 Å². The summed E-state index contributed by atoms with van der Waals surface area (Å²) in [6, 6.07) is 2.16. The van der Waals surface area contributed by atoms with E-state index in [0.29, 0.717) is 12.4 Å². The van der Waals surface area contributed by atoms with Crippen LogP contribution in [0.25, 0.3) is 10.9 Å². The normalized spacial score (nSPS) is 12.3. The van der Waals surface area contributed by atoms with Crippen LogP contribution in [0.2, 0.25) is 0 Å². The van der Waals surface area contributed by atoms with Gasteiger partial charge in [0, 0.05) is 17.9 Å². The minimum absolute atomic E-state index is 0.200. The van der Waals surface area contributed by atoms with Crippen molar-refractivity contribution >= 4 is 27.3 Å². The molecule has 0 aliphatic rings. The average Bonchev–Trinajstić information content (AvgIpc) is 2.38. The lowest BCUT2D eigenvalue weighted by atomic mass is 10.1. The number of pyridine rings is 1. The Labute approximate surface area is 125 Å². The molecule has 0 atom stereocenters. The molecule has 11 heteroatoms. The summed E-state index contributed by atoms with van der Waals surface area (Å²) in [4.78, 5) is 24.0. The van der Waals surface area contributed by atoms with Crippen LogP contribution in [0, 0.1) is 5.82 Å².